The van der Waals surface area contributed by atoms with E-state index in [4.69, 9.17) is 20.3 Å². The highest BCUT2D eigenvalue weighted by atomic mass is 19.2. The minimum Gasteiger partial charge on any atom is -0.461 e. The lowest BCUT2D eigenvalue weighted by molar-refractivity contribution is -0.278. The number of aliphatic hydroxyl groups excluding tert-OH is 3. The molecule has 9 nitrogen and oxygen atoms in total. The molecule has 1 aliphatic heterocycles. The van der Waals surface area contributed by atoms with Gasteiger partial charge in [-0.05, 0) is 6.42 Å². The summed E-state index contributed by atoms with van der Waals surface area (Å²) in [5.74, 6) is -5.97. The Labute approximate surface area is 174 Å². The molecule has 0 aromatic carbocycles. The van der Waals surface area contributed by atoms with Crippen molar-refractivity contribution in [3.05, 3.63) is 0 Å². The molecule has 0 saturated carbocycles. The Morgan fingerprint density at radius 2 is 1.83 bits per heavy atom. The second-order valence-corrected chi connectivity index (χ2v) is 7.58. The molecule has 6 N–H and O–H groups in total. The van der Waals surface area contributed by atoms with Gasteiger partial charge in [-0.3, -0.25) is 4.79 Å². The Bertz CT molecular complexity index is 557. The normalized spacial score (nSPS) is 31.1. The third kappa shape index (κ3) is 6.81. The predicted molar refractivity (Wildman–Crippen MR) is 103 cm³/mol. The molecule has 0 bridgehead atoms. The number of carbonyl (C=O) groups is 2. The van der Waals surface area contributed by atoms with Gasteiger partial charge in [0.1, 0.15) is 18.3 Å². The number of rotatable bonds is 12. The molecule has 1 amide bonds. The molecule has 7 atom stereocenters. The van der Waals surface area contributed by atoms with Crippen molar-refractivity contribution >= 4 is 11.9 Å². The van der Waals surface area contributed by atoms with Gasteiger partial charge in [-0.25, -0.2) is 9.18 Å². The van der Waals surface area contributed by atoms with Crippen LogP contribution in [0.5, 0.6) is 0 Å². The zero-order valence-electron chi connectivity index (χ0n) is 17.4. The number of ether oxygens (including phenoxy) is 2. The Morgan fingerprint density at radius 3 is 2.40 bits per heavy atom. The summed E-state index contributed by atoms with van der Waals surface area (Å²) < 4.78 is 39.7. The van der Waals surface area contributed by atoms with E-state index in [1.54, 1.807) is 0 Å². The van der Waals surface area contributed by atoms with Gasteiger partial charge >= 0.3 is 11.8 Å². The van der Waals surface area contributed by atoms with Gasteiger partial charge in [-0.1, -0.05) is 39.0 Å². The lowest BCUT2D eigenvalue weighted by Crippen LogP contribution is -2.73. The van der Waals surface area contributed by atoms with Gasteiger partial charge in [0.2, 0.25) is 5.91 Å². The molecule has 1 fully saturated rings. The summed E-state index contributed by atoms with van der Waals surface area (Å²) in [6.45, 7) is 2.08. The molecular formula is C19H34F2N2O7. The molecule has 30 heavy (non-hydrogen) atoms. The summed E-state index contributed by atoms with van der Waals surface area (Å²) in [4.78, 5) is 23.7. The standard InChI is InChI=1S/C19H34F2N2O7/c1-3-4-5-6-7-8-9-29-18(28)19(21)17(20)13(22)14(23-11(2)25)16(30-19)15(27)12(26)10-24/h12-17,24,26-27H,3-10,22H2,1-2H3,(H,23,25)/t12-,13+,14+,15-,16+,17+,19+/m0/s1. The van der Waals surface area contributed by atoms with Crippen molar-refractivity contribution < 1.29 is 43.2 Å². The fourth-order valence-corrected chi connectivity index (χ4v) is 3.31. The van der Waals surface area contributed by atoms with Crippen LogP contribution in [0.2, 0.25) is 0 Å². The van der Waals surface area contributed by atoms with Crippen molar-refractivity contribution in [1.82, 2.24) is 5.32 Å². The van der Waals surface area contributed by atoms with Crippen LogP contribution in [0.3, 0.4) is 0 Å². The van der Waals surface area contributed by atoms with Crippen LogP contribution in [0.25, 0.3) is 0 Å². The van der Waals surface area contributed by atoms with Crippen molar-refractivity contribution in [2.45, 2.75) is 94.8 Å². The number of alkyl halides is 2. The molecule has 0 unspecified atom stereocenters. The van der Waals surface area contributed by atoms with Crippen LogP contribution < -0.4 is 11.1 Å². The largest absolute Gasteiger partial charge is 0.461 e. The molecule has 1 aliphatic rings. The van der Waals surface area contributed by atoms with Gasteiger partial charge < -0.3 is 35.8 Å². The molecule has 1 saturated heterocycles. The molecule has 1 heterocycles. The molecule has 0 aliphatic carbocycles. The molecule has 0 aromatic rings. The summed E-state index contributed by atoms with van der Waals surface area (Å²) in [7, 11) is 0. The smallest absolute Gasteiger partial charge is 0.375 e. The van der Waals surface area contributed by atoms with Crippen LogP contribution in [-0.2, 0) is 19.1 Å². The number of hydrogen-bond acceptors (Lipinski definition) is 8. The maximum atomic E-state index is 15.3. The molecule has 0 radical (unpaired) electrons. The SMILES string of the molecule is CCCCCCCCOC(=O)[C@]1(F)O[C@@H]([C@@H](O)[C@@H](O)CO)[C@H](NC(C)=O)[C@@H](N)[C@H]1F. The molecule has 0 aromatic heterocycles. The first kappa shape index (κ1) is 26.6. The Balaban J connectivity index is 2.86. The van der Waals surface area contributed by atoms with Crippen molar-refractivity contribution in [3.8, 4) is 0 Å². The Morgan fingerprint density at radius 1 is 1.23 bits per heavy atom. The average molecular weight is 440 g/mol. The highest BCUT2D eigenvalue weighted by molar-refractivity contribution is 5.79. The predicted octanol–water partition coefficient (Wildman–Crippen LogP) is -0.161. The van der Waals surface area contributed by atoms with Crippen LogP contribution >= 0.6 is 0 Å². The number of carbonyl (C=O) groups excluding carboxylic acids is 2. The van der Waals surface area contributed by atoms with E-state index < -0.39 is 60.9 Å². The lowest BCUT2D eigenvalue weighted by atomic mass is 9.86. The van der Waals surface area contributed by atoms with Crippen molar-refractivity contribution in [2.75, 3.05) is 13.2 Å². The quantitative estimate of drug-likeness (QED) is 0.207. The third-order valence-corrected chi connectivity index (χ3v) is 5.07. The minimum absolute atomic E-state index is 0.149. The number of amides is 1. The Hall–Kier alpha value is -1.40. The van der Waals surface area contributed by atoms with Crippen LogP contribution in [0.15, 0.2) is 0 Å². The fourth-order valence-electron chi connectivity index (χ4n) is 3.31. The maximum absolute atomic E-state index is 15.3. The van der Waals surface area contributed by atoms with Gasteiger partial charge in [0.15, 0.2) is 6.17 Å². The number of halogens is 2. The zero-order valence-corrected chi connectivity index (χ0v) is 17.4. The van der Waals surface area contributed by atoms with Crippen LogP contribution in [0.4, 0.5) is 8.78 Å². The van der Waals surface area contributed by atoms with E-state index in [-0.39, 0.29) is 6.61 Å². The van der Waals surface area contributed by atoms with E-state index in [1.165, 1.54) is 0 Å². The summed E-state index contributed by atoms with van der Waals surface area (Å²) in [5.41, 5.74) is 5.70. The molecule has 0 spiro atoms. The minimum atomic E-state index is -3.64. The van der Waals surface area contributed by atoms with E-state index in [2.05, 4.69) is 12.2 Å². The molecule has 176 valence electrons. The van der Waals surface area contributed by atoms with Gasteiger partial charge in [0.05, 0.1) is 25.3 Å². The monoisotopic (exact) mass is 440 g/mol. The van der Waals surface area contributed by atoms with Gasteiger partial charge in [-0.15, -0.1) is 0 Å². The zero-order chi connectivity index (χ0) is 22.9. The number of nitrogens with one attached hydrogen (secondary N) is 1. The van der Waals surface area contributed by atoms with Crippen LogP contribution in [0, 0.1) is 0 Å². The first-order valence-corrected chi connectivity index (χ1v) is 10.3. The van der Waals surface area contributed by atoms with Crippen LogP contribution in [-0.4, -0.2) is 82.8 Å². The van der Waals surface area contributed by atoms with Crippen molar-refractivity contribution in [3.63, 3.8) is 0 Å². The third-order valence-electron chi connectivity index (χ3n) is 5.07. The van der Waals surface area contributed by atoms with E-state index in [9.17, 15) is 24.2 Å². The van der Waals surface area contributed by atoms with Gasteiger partial charge in [0, 0.05) is 6.92 Å². The number of nitrogens with two attached hydrogens (primary N) is 1. The molecule has 11 heteroatoms. The number of hydrogen-bond donors (Lipinski definition) is 5. The maximum Gasteiger partial charge on any atom is 0.375 e. The number of esters is 1. The van der Waals surface area contributed by atoms with E-state index in [0.717, 1.165) is 39.0 Å². The summed E-state index contributed by atoms with van der Waals surface area (Å²) >= 11 is 0. The number of aliphatic hydroxyl groups is 3. The van der Waals surface area contributed by atoms with Crippen molar-refractivity contribution in [1.29, 1.82) is 0 Å². The highest BCUT2D eigenvalue weighted by Crippen LogP contribution is 2.35. The topological polar surface area (TPSA) is 151 Å². The number of unbranched alkanes of at least 4 members (excludes halogenated alkanes) is 5. The Kier molecular flexibility index (Phi) is 11.1. The fraction of sp³-hybridized carbons (Fsp3) is 0.895. The average Bonchev–Trinajstić information content (AvgIpc) is 2.71. The molecular weight excluding hydrogens is 406 g/mol. The van der Waals surface area contributed by atoms with Crippen molar-refractivity contribution in [2.24, 2.45) is 5.73 Å². The second-order valence-electron chi connectivity index (χ2n) is 7.58. The lowest BCUT2D eigenvalue weighted by Gasteiger charge is -2.46. The summed E-state index contributed by atoms with van der Waals surface area (Å²) in [5, 5.41) is 31.1. The van der Waals surface area contributed by atoms with Gasteiger partial charge in [-0.2, -0.15) is 4.39 Å². The second kappa shape index (κ2) is 12.5. The summed E-state index contributed by atoms with van der Waals surface area (Å²) in [6.07, 6.45) is -2.98. The van der Waals surface area contributed by atoms with Gasteiger partial charge in [0.25, 0.3) is 0 Å². The van der Waals surface area contributed by atoms with E-state index in [0.29, 0.717) is 6.42 Å². The van der Waals surface area contributed by atoms with E-state index >= 15 is 4.39 Å². The van der Waals surface area contributed by atoms with Crippen LogP contribution in [0.1, 0.15) is 52.4 Å². The first-order valence-electron chi connectivity index (χ1n) is 10.3. The molecule has 1 rings (SSSR count). The first-order chi connectivity index (χ1) is 14.1. The summed E-state index contributed by atoms with van der Waals surface area (Å²) in [6, 6.07) is -3.26. The highest BCUT2D eigenvalue weighted by Gasteiger charge is 2.62. The van der Waals surface area contributed by atoms with E-state index in [1.807, 2.05) is 0 Å².